The summed E-state index contributed by atoms with van der Waals surface area (Å²) in [7, 11) is 0. The van der Waals surface area contributed by atoms with Crippen LogP contribution in [0.3, 0.4) is 0 Å². The Balaban J connectivity index is 1.37. The van der Waals surface area contributed by atoms with Gasteiger partial charge in [-0.25, -0.2) is 9.97 Å². The Kier molecular flexibility index (Phi) is 5.97. The highest BCUT2D eigenvalue weighted by Crippen LogP contribution is 2.16. The van der Waals surface area contributed by atoms with Crippen LogP contribution in [-0.4, -0.2) is 51.9 Å². The van der Waals surface area contributed by atoms with Crippen LogP contribution in [0.15, 0.2) is 66.9 Å². The quantitative estimate of drug-likeness (QED) is 0.711. The summed E-state index contributed by atoms with van der Waals surface area (Å²) in [6.45, 7) is 3.90. The lowest BCUT2D eigenvalue weighted by molar-refractivity contribution is 0.0622. The van der Waals surface area contributed by atoms with E-state index in [9.17, 15) is 4.79 Å². The van der Waals surface area contributed by atoms with E-state index in [2.05, 4.69) is 38.4 Å². The molecule has 1 aliphatic rings. The minimum atomic E-state index is -0.0920. The summed E-state index contributed by atoms with van der Waals surface area (Å²) in [5.74, 6) is 0.240. The number of carbonyl (C=O) groups is 1. The first-order chi connectivity index (χ1) is 14.7. The lowest BCUT2D eigenvalue weighted by Crippen LogP contribution is -2.48. The van der Waals surface area contributed by atoms with Gasteiger partial charge in [0, 0.05) is 44.6 Å². The fourth-order valence-electron chi connectivity index (χ4n) is 3.45. The van der Waals surface area contributed by atoms with Gasteiger partial charge in [-0.05, 0) is 29.8 Å². The van der Waals surface area contributed by atoms with Gasteiger partial charge in [-0.15, -0.1) is 0 Å². The van der Waals surface area contributed by atoms with E-state index in [0.29, 0.717) is 36.0 Å². The van der Waals surface area contributed by atoms with Crippen LogP contribution in [0.25, 0.3) is 0 Å². The molecule has 3 aromatic rings. The second kappa shape index (κ2) is 9.16. The number of piperazine rings is 1. The Morgan fingerprint density at radius 2 is 1.83 bits per heavy atom. The second-order valence-electron chi connectivity index (χ2n) is 7.14. The topological polar surface area (TPSA) is 85.1 Å². The molecule has 1 aliphatic heterocycles. The maximum atomic E-state index is 12.9. The zero-order valence-electron chi connectivity index (χ0n) is 16.5. The summed E-state index contributed by atoms with van der Waals surface area (Å²) >= 11 is 0. The van der Waals surface area contributed by atoms with Crippen LogP contribution in [0.4, 0.5) is 11.6 Å². The normalized spacial score (nSPS) is 14.2. The SMILES string of the molecule is N#Cc1cccc(Nc2nccc(C(=O)N3CCN(Cc4ccccc4)CC3)n2)c1. The molecule has 0 atom stereocenters. The van der Waals surface area contributed by atoms with Crippen molar-refractivity contribution >= 4 is 17.5 Å². The highest BCUT2D eigenvalue weighted by molar-refractivity contribution is 5.92. The van der Waals surface area contributed by atoms with E-state index < -0.39 is 0 Å². The molecule has 0 aliphatic carbocycles. The molecule has 7 heteroatoms. The van der Waals surface area contributed by atoms with Crippen LogP contribution in [0.1, 0.15) is 21.6 Å². The van der Waals surface area contributed by atoms with Gasteiger partial charge < -0.3 is 10.2 Å². The highest BCUT2D eigenvalue weighted by Gasteiger charge is 2.23. The number of hydrogen-bond acceptors (Lipinski definition) is 6. The summed E-state index contributed by atoms with van der Waals surface area (Å²) in [6, 6.07) is 21.1. The molecule has 0 saturated carbocycles. The minimum absolute atomic E-state index is 0.0920. The van der Waals surface area contributed by atoms with Gasteiger partial charge in [-0.2, -0.15) is 5.26 Å². The standard InChI is InChI=1S/C23H22N6O/c24-16-19-7-4-8-20(15-19)26-23-25-10-9-21(27-23)22(30)29-13-11-28(12-14-29)17-18-5-2-1-3-6-18/h1-10,15H,11-14,17H2,(H,25,26,27). The van der Waals surface area contributed by atoms with Crippen LogP contribution >= 0.6 is 0 Å². The Morgan fingerprint density at radius 3 is 2.60 bits per heavy atom. The highest BCUT2D eigenvalue weighted by atomic mass is 16.2. The van der Waals surface area contributed by atoms with E-state index >= 15 is 0 Å². The molecule has 2 heterocycles. The minimum Gasteiger partial charge on any atom is -0.335 e. The third-order valence-corrected chi connectivity index (χ3v) is 5.03. The third kappa shape index (κ3) is 4.80. The van der Waals surface area contributed by atoms with E-state index in [1.807, 2.05) is 29.2 Å². The van der Waals surface area contributed by atoms with Crippen molar-refractivity contribution in [3.8, 4) is 6.07 Å². The van der Waals surface area contributed by atoms with Crippen molar-refractivity contribution in [1.82, 2.24) is 19.8 Å². The molecule has 1 aromatic heterocycles. The molecule has 2 aromatic carbocycles. The third-order valence-electron chi connectivity index (χ3n) is 5.03. The lowest BCUT2D eigenvalue weighted by Gasteiger charge is -2.34. The molecule has 0 spiro atoms. The van der Waals surface area contributed by atoms with Gasteiger partial charge in [0.2, 0.25) is 5.95 Å². The van der Waals surface area contributed by atoms with Crippen LogP contribution in [0.2, 0.25) is 0 Å². The zero-order chi connectivity index (χ0) is 20.8. The van der Waals surface area contributed by atoms with Gasteiger partial charge in [0.25, 0.3) is 5.91 Å². The number of carbonyl (C=O) groups excluding carboxylic acids is 1. The summed E-state index contributed by atoms with van der Waals surface area (Å²) in [5.41, 5.74) is 2.89. The Labute approximate surface area is 175 Å². The summed E-state index contributed by atoms with van der Waals surface area (Å²) in [6.07, 6.45) is 1.57. The fourth-order valence-corrected chi connectivity index (χ4v) is 3.45. The number of nitrogens with one attached hydrogen (secondary N) is 1. The maximum Gasteiger partial charge on any atom is 0.272 e. The van der Waals surface area contributed by atoms with Gasteiger partial charge >= 0.3 is 0 Å². The number of nitriles is 1. The van der Waals surface area contributed by atoms with Gasteiger partial charge in [0.05, 0.1) is 11.6 Å². The van der Waals surface area contributed by atoms with Crippen molar-refractivity contribution in [2.45, 2.75) is 6.54 Å². The molecule has 0 bridgehead atoms. The molecule has 1 N–H and O–H groups in total. The molecule has 7 nitrogen and oxygen atoms in total. The van der Waals surface area contributed by atoms with Crippen molar-refractivity contribution < 1.29 is 4.79 Å². The molecular weight excluding hydrogens is 376 g/mol. The van der Waals surface area contributed by atoms with Gasteiger partial charge in [-0.3, -0.25) is 9.69 Å². The van der Waals surface area contributed by atoms with Crippen molar-refractivity contribution in [2.24, 2.45) is 0 Å². The maximum absolute atomic E-state index is 12.9. The van der Waals surface area contributed by atoms with Gasteiger partial charge in [0.15, 0.2) is 0 Å². The van der Waals surface area contributed by atoms with Crippen molar-refractivity contribution in [1.29, 1.82) is 5.26 Å². The predicted molar refractivity (Wildman–Crippen MR) is 114 cm³/mol. The number of aromatic nitrogens is 2. The molecule has 0 unspecified atom stereocenters. The molecular formula is C23H22N6O. The first-order valence-corrected chi connectivity index (χ1v) is 9.87. The average molecular weight is 398 g/mol. The number of benzene rings is 2. The van der Waals surface area contributed by atoms with Gasteiger partial charge in [-0.1, -0.05) is 36.4 Å². The fraction of sp³-hybridized carbons (Fsp3) is 0.217. The summed E-state index contributed by atoms with van der Waals surface area (Å²) in [4.78, 5) is 25.7. The molecule has 1 fully saturated rings. The lowest BCUT2D eigenvalue weighted by atomic mass is 10.2. The van der Waals surface area contributed by atoms with E-state index in [-0.39, 0.29) is 5.91 Å². The molecule has 150 valence electrons. The Morgan fingerprint density at radius 1 is 1.03 bits per heavy atom. The van der Waals surface area contributed by atoms with Crippen LogP contribution < -0.4 is 5.32 Å². The zero-order valence-corrected chi connectivity index (χ0v) is 16.5. The molecule has 1 amide bonds. The Bertz CT molecular complexity index is 1050. The first-order valence-electron chi connectivity index (χ1n) is 9.87. The smallest absolute Gasteiger partial charge is 0.272 e. The molecule has 1 saturated heterocycles. The van der Waals surface area contributed by atoms with Crippen molar-refractivity contribution in [3.63, 3.8) is 0 Å². The molecule has 0 radical (unpaired) electrons. The summed E-state index contributed by atoms with van der Waals surface area (Å²) < 4.78 is 0. The molecule has 30 heavy (non-hydrogen) atoms. The van der Waals surface area contributed by atoms with Crippen LogP contribution in [0, 0.1) is 11.3 Å². The Hall–Kier alpha value is -3.76. The number of rotatable bonds is 5. The monoisotopic (exact) mass is 398 g/mol. The van der Waals surface area contributed by atoms with Crippen LogP contribution in [-0.2, 0) is 6.54 Å². The second-order valence-corrected chi connectivity index (χ2v) is 7.14. The van der Waals surface area contributed by atoms with Crippen molar-refractivity contribution in [2.75, 3.05) is 31.5 Å². The average Bonchev–Trinajstić information content (AvgIpc) is 2.80. The largest absolute Gasteiger partial charge is 0.335 e. The number of nitrogens with zero attached hydrogens (tertiary/aromatic N) is 5. The van der Waals surface area contributed by atoms with Crippen LogP contribution in [0.5, 0.6) is 0 Å². The predicted octanol–water partition coefficient (Wildman–Crippen LogP) is 3.05. The summed E-state index contributed by atoms with van der Waals surface area (Å²) in [5, 5.41) is 12.1. The van der Waals surface area contributed by atoms with Gasteiger partial charge in [0.1, 0.15) is 5.69 Å². The van der Waals surface area contributed by atoms with E-state index in [4.69, 9.17) is 5.26 Å². The van der Waals surface area contributed by atoms with Crippen molar-refractivity contribution in [3.05, 3.63) is 83.7 Å². The number of amides is 1. The first kappa shape index (κ1) is 19.6. The van der Waals surface area contributed by atoms with E-state index in [1.165, 1.54) is 5.56 Å². The number of hydrogen-bond donors (Lipinski definition) is 1. The van der Waals surface area contributed by atoms with E-state index in [1.54, 1.807) is 30.5 Å². The van der Waals surface area contributed by atoms with E-state index in [0.717, 1.165) is 19.6 Å². The number of anilines is 2. The molecule has 4 rings (SSSR count).